The highest BCUT2D eigenvalue weighted by molar-refractivity contribution is 9.11. The third kappa shape index (κ3) is 3.89. The molecule has 0 N–H and O–H groups in total. The van der Waals surface area contributed by atoms with Crippen molar-refractivity contribution in [1.82, 2.24) is 9.80 Å². The predicted molar refractivity (Wildman–Crippen MR) is 182 cm³/mol. The van der Waals surface area contributed by atoms with Crippen LogP contribution in [-0.2, 0) is 0 Å². The number of imide groups is 2. The molecule has 0 radical (unpaired) electrons. The Labute approximate surface area is 272 Å². The summed E-state index contributed by atoms with van der Waals surface area (Å²) in [5, 5.41) is 6.40. The van der Waals surface area contributed by atoms with Crippen LogP contribution in [0.2, 0.25) is 0 Å². The number of unbranched alkanes of at least 4 members (excludes halogenated alkanes) is 2. The predicted octanol–water partition coefficient (Wildman–Crippen LogP) is 9.61. The van der Waals surface area contributed by atoms with Gasteiger partial charge in [-0.2, -0.15) is 0 Å². The average Bonchev–Trinajstić information content (AvgIpc) is 3.00. The molecule has 4 amide bonds. The number of benzene rings is 5. The minimum absolute atomic E-state index is 0.213. The highest BCUT2D eigenvalue weighted by Gasteiger charge is 2.40. The molecule has 0 saturated carbocycles. The van der Waals surface area contributed by atoms with Gasteiger partial charge in [0.25, 0.3) is 23.6 Å². The van der Waals surface area contributed by atoms with Crippen LogP contribution >= 0.6 is 31.9 Å². The zero-order valence-electron chi connectivity index (χ0n) is 25.1. The highest BCUT2D eigenvalue weighted by atomic mass is 79.9. The van der Waals surface area contributed by atoms with Gasteiger partial charge in [-0.05, 0) is 61.7 Å². The summed E-state index contributed by atoms with van der Waals surface area (Å²) < 4.78 is 1.46. The Morgan fingerprint density at radius 1 is 0.545 bits per heavy atom. The van der Waals surface area contributed by atoms with Crippen molar-refractivity contribution in [3.63, 3.8) is 0 Å². The van der Waals surface area contributed by atoms with Gasteiger partial charge in [0.05, 0.1) is 0 Å². The van der Waals surface area contributed by atoms with Gasteiger partial charge >= 0.3 is 0 Å². The maximum atomic E-state index is 14.0. The van der Waals surface area contributed by atoms with Crippen LogP contribution in [0.5, 0.6) is 0 Å². The number of carbonyl (C=O) groups excluding carboxylic acids is 4. The lowest BCUT2D eigenvalue weighted by Gasteiger charge is -2.34. The Bertz CT molecular complexity index is 1950. The van der Waals surface area contributed by atoms with E-state index in [0.717, 1.165) is 79.8 Å². The molecule has 0 aromatic heterocycles. The van der Waals surface area contributed by atoms with E-state index in [1.54, 1.807) is 0 Å². The number of halogens is 2. The Balaban J connectivity index is 1.54. The topological polar surface area (TPSA) is 74.8 Å². The van der Waals surface area contributed by atoms with Gasteiger partial charge in [0.2, 0.25) is 0 Å². The lowest BCUT2D eigenvalue weighted by molar-refractivity contribution is 0.0527. The van der Waals surface area contributed by atoms with E-state index in [1.807, 2.05) is 50.2 Å². The van der Waals surface area contributed by atoms with Crippen LogP contribution in [0.25, 0.3) is 43.1 Å². The van der Waals surface area contributed by atoms with E-state index in [1.165, 1.54) is 9.80 Å². The summed E-state index contributed by atoms with van der Waals surface area (Å²) in [7, 11) is 0. The second kappa shape index (κ2) is 10.6. The van der Waals surface area contributed by atoms with Gasteiger partial charge < -0.3 is 0 Å². The molecule has 2 aliphatic heterocycles. The van der Waals surface area contributed by atoms with Gasteiger partial charge in [0, 0.05) is 75.6 Å². The van der Waals surface area contributed by atoms with Gasteiger partial charge in [-0.25, -0.2) is 0 Å². The molecule has 7 rings (SSSR count). The molecule has 2 heterocycles. The molecule has 224 valence electrons. The van der Waals surface area contributed by atoms with E-state index in [-0.39, 0.29) is 35.7 Å². The minimum Gasteiger partial charge on any atom is -0.272 e. The summed E-state index contributed by atoms with van der Waals surface area (Å²) >= 11 is 7.60. The molecule has 0 spiro atoms. The van der Waals surface area contributed by atoms with Crippen molar-refractivity contribution < 1.29 is 19.2 Å². The molecule has 0 saturated heterocycles. The number of amides is 4. The molecule has 8 heteroatoms. The maximum absolute atomic E-state index is 14.0. The lowest BCUT2D eigenvalue weighted by atomic mass is 9.82. The zero-order valence-corrected chi connectivity index (χ0v) is 28.3. The number of carbonyl (C=O) groups is 4. The molecular weight excluding hydrogens is 684 g/mol. The fourth-order valence-corrected chi connectivity index (χ4v) is 8.75. The van der Waals surface area contributed by atoms with Crippen molar-refractivity contribution in [2.45, 2.75) is 78.3 Å². The first kappa shape index (κ1) is 29.4. The van der Waals surface area contributed by atoms with Crippen LogP contribution in [0.15, 0.2) is 45.3 Å². The van der Waals surface area contributed by atoms with E-state index >= 15 is 0 Å². The number of nitrogens with zero attached hydrogens (tertiary/aromatic N) is 2. The van der Waals surface area contributed by atoms with E-state index in [0.29, 0.717) is 33.0 Å². The third-order valence-electron chi connectivity index (χ3n) is 9.64. The van der Waals surface area contributed by atoms with Gasteiger partial charge in [-0.3, -0.25) is 29.0 Å². The van der Waals surface area contributed by atoms with E-state index in [2.05, 4.69) is 45.7 Å². The summed E-state index contributed by atoms with van der Waals surface area (Å²) in [6.45, 7) is 8.08. The fraction of sp³-hybridized carbons (Fsp3) is 0.333. The highest BCUT2D eigenvalue weighted by Crippen LogP contribution is 2.50. The molecule has 44 heavy (non-hydrogen) atoms. The SMILES string of the molecule is CCCC[C@H](C)N1C(=O)c2ccc3c4c(Br)cc5c6c(ccc(c7c(Br)cc(c2c37)C1=O)c64)C(=O)N([C@@H](C)CCCC)C5=O. The molecule has 6 nitrogen and oxygen atoms in total. The lowest BCUT2D eigenvalue weighted by Crippen LogP contribution is -2.46. The molecule has 2 aliphatic rings. The van der Waals surface area contributed by atoms with Crippen LogP contribution in [0.1, 0.15) is 108 Å². The third-order valence-corrected chi connectivity index (χ3v) is 10.9. The van der Waals surface area contributed by atoms with E-state index in [9.17, 15) is 19.2 Å². The number of rotatable bonds is 8. The number of hydrogen-bond acceptors (Lipinski definition) is 4. The summed E-state index contributed by atoms with van der Waals surface area (Å²) in [6, 6.07) is 10.8. The number of fused-ring (bicyclic) bond motifs is 2. The maximum Gasteiger partial charge on any atom is 0.261 e. The average molecular weight is 716 g/mol. The largest absolute Gasteiger partial charge is 0.272 e. The molecule has 0 unspecified atom stereocenters. The Kier molecular flexibility index (Phi) is 7.09. The van der Waals surface area contributed by atoms with Crippen molar-refractivity contribution in [3.05, 3.63) is 67.6 Å². The second-order valence-corrected chi connectivity index (χ2v) is 14.0. The van der Waals surface area contributed by atoms with Gasteiger partial charge in [-0.15, -0.1) is 0 Å². The monoisotopic (exact) mass is 714 g/mol. The minimum atomic E-state index is -0.279. The van der Waals surface area contributed by atoms with E-state index < -0.39 is 0 Å². The number of hydrogen-bond donors (Lipinski definition) is 0. The molecule has 2 atom stereocenters. The van der Waals surface area contributed by atoms with Crippen molar-refractivity contribution >= 4 is 98.6 Å². The Morgan fingerprint density at radius 3 is 1.27 bits per heavy atom. The Hall–Kier alpha value is -3.36. The first-order valence-corrected chi connectivity index (χ1v) is 17.1. The van der Waals surface area contributed by atoms with Gasteiger partial charge in [0.1, 0.15) is 0 Å². The van der Waals surface area contributed by atoms with E-state index in [4.69, 9.17) is 0 Å². The van der Waals surface area contributed by atoms with Crippen LogP contribution in [-0.4, -0.2) is 45.5 Å². The van der Waals surface area contributed by atoms with Gasteiger partial charge in [0.15, 0.2) is 0 Å². The van der Waals surface area contributed by atoms with Crippen LogP contribution < -0.4 is 0 Å². The first-order valence-electron chi connectivity index (χ1n) is 15.5. The molecule has 0 bridgehead atoms. The standard InChI is InChI=1S/C36H32Br2N2O4/c1-5-7-9-17(3)39-33(41)21-13-11-19-30-26(38)16-24-28-22(34(42)40(36(24)44)18(4)10-8-6-2)14-12-20(32(28)30)29-25(37)15-23(35(39)43)27(21)31(19)29/h11-18H,5-10H2,1-4H3/t17-,18-/m0/s1. The fourth-order valence-electron chi connectivity index (χ4n) is 7.46. The summed E-state index contributed by atoms with van der Waals surface area (Å²) in [6.07, 6.45) is 5.34. The van der Waals surface area contributed by atoms with Crippen molar-refractivity contribution in [2.75, 3.05) is 0 Å². The van der Waals surface area contributed by atoms with Gasteiger partial charge in [-0.1, -0.05) is 83.5 Å². The smallest absolute Gasteiger partial charge is 0.261 e. The molecule has 0 fully saturated rings. The summed E-state index contributed by atoms with van der Waals surface area (Å²) in [5.41, 5.74) is 2.04. The van der Waals surface area contributed by atoms with Crippen LogP contribution in [0.3, 0.4) is 0 Å². The van der Waals surface area contributed by atoms with Crippen LogP contribution in [0, 0.1) is 0 Å². The van der Waals surface area contributed by atoms with Crippen molar-refractivity contribution in [3.8, 4) is 0 Å². The normalized spacial score (nSPS) is 16.4. The quantitative estimate of drug-likeness (QED) is 0.0911. The van der Waals surface area contributed by atoms with Crippen LogP contribution in [0.4, 0.5) is 0 Å². The zero-order chi connectivity index (χ0) is 31.2. The summed E-state index contributed by atoms with van der Waals surface area (Å²) in [4.78, 5) is 58.6. The second-order valence-electron chi connectivity index (χ2n) is 12.3. The Morgan fingerprint density at radius 2 is 0.909 bits per heavy atom. The molecule has 0 aliphatic carbocycles. The molecular formula is C36H32Br2N2O4. The molecule has 5 aromatic carbocycles. The van der Waals surface area contributed by atoms with Crippen molar-refractivity contribution in [2.24, 2.45) is 0 Å². The van der Waals surface area contributed by atoms with Crippen molar-refractivity contribution in [1.29, 1.82) is 0 Å². The molecule has 5 aromatic rings. The first-order chi connectivity index (χ1) is 21.1. The summed E-state index contributed by atoms with van der Waals surface area (Å²) in [5.74, 6) is -1.10.